The molecular weight excluding hydrogens is 247 g/mol. The molecule has 0 radical (unpaired) electrons. The van der Waals surface area contributed by atoms with Crippen molar-refractivity contribution in [1.82, 2.24) is 15.1 Å². The lowest BCUT2D eigenvalue weighted by molar-refractivity contribution is -0.159. The Labute approximate surface area is 92.1 Å². The summed E-state index contributed by atoms with van der Waals surface area (Å²) in [5.41, 5.74) is 0.305. The summed E-state index contributed by atoms with van der Waals surface area (Å²) in [6.45, 7) is 0. The number of pyridine rings is 1. The Balaban J connectivity index is 2.39. The van der Waals surface area contributed by atoms with Crippen molar-refractivity contribution in [2.75, 3.05) is 0 Å². The molecule has 2 heterocycles. The third-order valence-corrected chi connectivity index (χ3v) is 1.86. The van der Waals surface area contributed by atoms with Crippen LogP contribution in [0.3, 0.4) is 0 Å². The van der Waals surface area contributed by atoms with Gasteiger partial charge in [-0.05, 0) is 12.1 Å². The number of aromatic nitrogens is 3. The number of halogens is 4. The van der Waals surface area contributed by atoms with Crippen molar-refractivity contribution in [3.05, 3.63) is 29.4 Å². The molecule has 8 heteroatoms. The predicted octanol–water partition coefficient (Wildman–Crippen LogP) is 2.80. The molecule has 2 aromatic heterocycles. The Morgan fingerprint density at radius 1 is 1.31 bits per heavy atom. The van der Waals surface area contributed by atoms with Gasteiger partial charge in [0.05, 0.1) is 0 Å². The van der Waals surface area contributed by atoms with Crippen molar-refractivity contribution in [3.63, 3.8) is 0 Å². The second kappa shape index (κ2) is 3.75. The summed E-state index contributed by atoms with van der Waals surface area (Å²) in [6, 6.07) is 2.77. The van der Waals surface area contributed by atoms with E-state index in [1.165, 1.54) is 18.3 Å². The molecule has 2 aromatic rings. The first-order chi connectivity index (χ1) is 7.47. The molecule has 0 saturated carbocycles. The molecule has 0 aliphatic heterocycles. The fourth-order valence-electron chi connectivity index (χ4n) is 0.997. The van der Waals surface area contributed by atoms with Crippen LogP contribution in [0.1, 0.15) is 5.89 Å². The Morgan fingerprint density at radius 2 is 2.06 bits per heavy atom. The lowest BCUT2D eigenvalue weighted by Crippen LogP contribution is -2.04. The van der Waals surface area contributed by atoms with Crippen molar-refractivity contribution >= 4 is 11.6 Å². The summed E-state index contributed by atoms with van der Waals surface area (Å²) in [7, 11) is 0. The van der Waals surface area contributed by atoms with E-state index in [4.69, 9.17) is 11.6 Å². The van der Waals surface area contributed by atoms with Crippen molar-refractivity contribution in [2.45, 2.75) is 6.18 Å². The molecule has 0 aliphatic rings. The third kappa shape index (κ3) is 2.13. The smallest absolute Gasteiger partial charge is 0.329 e. The van der Waals surface area contributed by atoms with Gasteiger partial charge >= 0.3 is 12.1 Å². The Kier molecular flexibility index (Phi) is 2.55. The van der Waals surface area contributed by atoms with Crippen molar-refractivity contribution in [3.8, 4) is 11.4 Å². The van der Waals surface area contributed by atoms with E-state index in [-0.39, 0.29) is 11.0 Å². The summed E-state index contributed by atoms with van der Waals surface area (Å²) in [4.78, 5) is 6.88. The topological polar surface area (TPSA) is 51.8 Å². The standard InChI is InChI=1S/C8H3ClF3N3O/c9-5-3-4(1-2-13-5)6-14-7(16-15-6)8(10,11)12/h1-3H. The molecule has 0 amide bonds. The second-order valence-corrected chi connectivity index (χ2v) is 3.18. The fraction of sp³-hybridized carbons (Fsp3) is 0.125. The zero-order valence-electron chi connectivity index (χ0n) is 7.49. The number of alkyl halides is 3. The lowest BCUT2D eigenvalue weighted by atomic mass is 10.2. The molecule has 84 valence electrons. The van der Waals surface area contributed by atoms with Gasteiger partial charge in [-0.1, -0.05) is 16.8 Å². The average molecular weight is 250 g/mol. The van der Waals surface area contributed by atoms with Crippen LogP contribution >= 0.6 is 11.6 Å². The van der Waals surface area contributed by atoms with Crippen LogP contribution < -0.4 is 0 Å². The normalized spacial score (nSPS) is 11.8. The van der Waals surface area contributed by atoms with E-state index in [0.717, 1.165) is 0 Å². The van der Waals surface area contributed by atoms with Crippen LogP contribution in [0, 0.1) is 0 Å². The Bertz CT molecular complexity index is 511. The quantitative estimate of drug-likeness (QED) is 0.729. The van der Waals surface area contributed by atoms with Crippen LogP contribution in [0.15, 0.2) is 22.9 Å². The van der Waals surface area contributed by atoms with Gasteiger partial charge < -0.3 is 4.52 Å². The summed E-state index contributed by atoms with van der Waals surface area (Å²) in [6.07, 6.45) is -3.32. The summed E-state index contributed by atoms with van der Waals surface area (Å²) >= 11 is 5.57. The highest BCUT2D eigenvalue weighted by Gasteiger charge is 2.38. The maximum Gasteiger partial charge on any atom is 0.471 e. The second-order valence-electron chi connectivity index (χ2n) is 2.79. The van der Waals surface area contributed by atoms with E-state index in [2.05, 4.69) is 19.6 Å². The summed E-state index contributed by atoms with van der Waals surface area (Å²) in [5, 5.41) is 3.34. The molecule has 0 atom stereocenters. The predicted molar refractivity (Wildman–Crippen MR) is 47.5 cm³/mol. The van der Waals surface area contributed by atoms with Crippen LogP contribution in [0.25, 0.3) is 11.4 Å². The van der Waals surface area contributed by atoms with Crippen LogP contribution in [0.5, 0.6) is 0 Å². The van der Waals surface area contributed by atoms with Crippen molar-refractivity contribution in [1.29, 1.82) is 0 Å². The van der Waals surface area contributed by atoms with Gasteiger partial charge in [0.1, 0.15) is 5.15 Å². The molecule has 2 rings (SSSR count). The number of hydrogen-bond acceptors (Lipinski definition) is 4. The zero-order valence-corrected chi connectivity index (χ0v) is 8.25. The van der Waals surface area contributed by atoms with Crippen LogP contribution in [0.4, 0.5) is 13.2 Å². The monoisotopic (exact) mass is 249 g/mol. The van der Waals surface area contributed by atoms with Crippen molar-refractivity contribution in [2.24, 2.45) is 0 Å². The van der Waals surface area contributed by atoms with Gasteiger partial charge in [-0.3, -0.25) is 0 Å². The van der Waals surface area contributed by atoms with E-state index in [1.54, 1.807) is 0 Å². The highest BCUT2D eigenvalue weighted by atomic mass is 35.5. The molecule has 0 unspecified atom stereocenters. The molecular formula is C8H3ClF3N3O. The van der Waals surface area contributed by atoms with Gasteiger partial charge in [-0.15, -0.1) is 0 Å². The maximum atomic E-state index is 12.2. The van der Waals surface area contributed by atoms with Gasteiger partial charge in [0, 0.05) is 11.8 Å². The van der Waals surface area contributed by atoms with E-state index in [9.17, 15) is 13.2 Å². The molecule has 0 N–H and O–H groups in total. The molecule has 0 aliphatic carbocycles. The highest BCUT2D eigenvalue weighted by molar-refractivity contribution is 6.29. The summed E-state index contributed by atoms with van der Waals surface area (Å²) in [5.74, 6) is -1.58. The fourth-order valence-corrected chi connectivity index (χ4v) is 1.17. The molecule has 0 saturated heterocycles. The van der Waals surface area contributed by atoms with Crippen LogP contribution in [-0.4, -0.2) is 15.1 Å². The Morgan fingerprint density at radius 3 is 2.62 bits per heavy atom. The van der Waals surface area contributed by atoms with Crippen LogP contribution in [0.2, 0.25) is 5.15 Å². The molecule has 4 nitrogen and oxygen atoms in total. The third-order valence-electron chi connectivity index (χ3n) is 1.65. The lowest BCUT2D eigenvalue weighted by Gasteiger charge is -1.96. The number of hydrogen-bond donors (Lipinski definition) is 0. The zero-order chi connectivity index (χ0) is 11.8. The first-order valence-electron chi connectivity index (χ1n) is 3.99. The molecule has 16 heavy (non-hydrogen) atoms. The van der Waals surface area contributed by atoms with Crippen molar-refractivity contribution < 1.29 is 17.7 Å². The van der Waals surface area contributed by atoms with E-state index < -0.39 is 12.1 Å². The maximum absolute atomic E-state index is 12.2. The van der Waals surface area contributed by atoms with E-state index >= 15 is 0 Å². The minimum Gasteiger partial charge on any atom is -0.329 e. The minimum absolute atomic E-state index is 0.135. The molecule has 0 spiro atoms. The van der Waals surface area contributed by atoms with Gasteiger partial charge in [-0.2, -0.15) is 18.2 Å². The van der Waals surface area contributed by atoms with Crippen LogP contribution in [-0.2, 0) is 6.18 Å². The average Bonchev–Trinajstić information content (AvgIpc) is 2.65. The first-order valence-corrected chi connectivity index (χ1v) is 4.37. The molecule has 0 bridgehead atoms. The first kappa shape index (κ1) is 10.9. The summed E-state index contributed by atoms with van der Waals surface area (Å²) < 4.78 is 40.6. The number of nitrogens with zero attached hydrogens (tertiary/aromatic N) is 3. The molecule has 0 fully saturated rings. The minimum atomic E-state index is -4.65. The van der Waals surface area contributed by atoms with Gasteiger partial charge in [0.2, 0.25) is 5.82 Å². The number of rotatable bonds is 1. The van der Waals surface area contributed by atoms with Gasteiger partial charge in [0.25, 0.3) is 0 Å². The van der Waals surface area contributed by atoms with E-state index in [1.807, 2.05) is 0 Å². The van der Waals surface area contributed by atoms with Gasteiger partial charge in [-0.25, -0.2) is 4.98 Å². The molecule has 0 aromatic carbocycles. The van der Waals surface area contributed by atoms with Gasteiger partial charge in [0.15, 0.2) is 0 Å². The SMILES string of the molecule is FC(F)(F)c1nc(-c2ccnc(Cl)c2)no1. The van der Waals surface area contributed by atoms with E-state index in [0.29, 0.717) is 5.56 Å². The Hall–Kier alpha value is -1.63. The highest BCUT2D eigenvalue weighted by Crippen LogP contribution is 2.29. The largest absolute Gasteiger partial charge is 0.471 e.